The minimum atomic E-state index is -0.727. The van der Waals surface area contributed by atoms with Crippen LogP contribution in [-0.2, 0) is 23.8 Å². The van der Waals surface area contributed by atoms with E-state index in [-0.39, 0.29) is 41.7 Å². The SMILES string of the molecule is COC(=O)NC(C(=O)N1CCC[C@H]1c1ncc(-c2ccc3cc(-c4cnc(C5CCCC[C@H]5C(=O)N(NC(=O)OC)C(C)C)[nH]4)ccc3c2)[nH]1)C1CCOC1. The van der Waals surface area contributed by atoms with Crippen LogP contribution < -0.4 is 10.7 Å². The zero-order chi connectivity index (χ0) is 38.6. The number of hydrogen-bond donors (Lipinski definition) is 4. The van der Waals surface area contributed by atoms with Gasteiger partial charge in [-0.3, -0.25) is 9.59 Å². The fourth-order valence-corrected chi connectivity index (χ4v) is 8.30. The second-order valence-electron chi connectivity index (χ2n) is 15.0. The van der Waals surface area contributed by atoms with Gasteiger partial charge < -0.3 is 34.4 Å². The van der Waals surface area contributed by atoms with Gasteiger partial charge in [0.05, 0.1) is 50.6 Å². The van der Waals surface area contributed by atoms with Crippen molar-refractivity contribution >= 4 is 34.8 Å². The highest BCUT2D eigenvalue weighted by atomic mass is 16.5. The Morgan fingerprint density at radius 1 is 0.855 bits per heavy atom. The molecule has 1 saturated carbocycles. The van der Waals surface area contributed by atoms with Gasteiger partial charge in [0, 0.05) is 48.1 Å². The smallest absolute Gasteiger partial charge is 0.425 e. The van der Waals surface area contributed by atoms with E-state index in [2.05, 4.69) is 57.1 Å². The van der Waals surface area contributed by atoms with E-state index in [1.807, 2.05) is 31.1 Å². The number of fused-ring (bicyclic) bond motifs is 1. The number of imidazole rings is 2. The molecule has 2 aromatic heterocycles. The third kappa shape index (κ3) is 8.02. The standard InChI is InChI=1S/C40H50N8O7/c1-23(2)48(46-40(52)54-4)37(49)30-9-6-5-8-29(30)35-41-20-31(43-35)26-13-11-25-19-27(14-12-24(25)18-26)32-21-42-36(44-32)33-10-7-16-47(33)38(50)34(45-39(51)53-3)28-15-17-55-22-28/h11-14,18-21,23,28-30,33-34H,5-10,15-17,22H2,1-4H3,(H,41,43)(H,42,44)(H,45,51)(H,46,52)/t28?,29?,30-,33+,34?/m1/s1. The van der Waals surface area contributed by atoms with Crippen molar-refractivity contribution < 1.29 is 33.4 Å². The summed E-state index contributed by atoms with van der Waals surface area (Å²) in [6.07, 6.45) is 8.08. The van der Waals surface area contributed by atoms with Crippen LogP contribution in [0, 0.1) is 11.8 Å². The van der Waals surface area contributed by atoms with Gasteiger partial charge in [-0.1, -0.05) is 37.1 Å². The molecule has 3 unspecified atom stereocenters. The summed E-state index contributed by atoms with van der Waals surface area (Å²) in [5.41, 5.74) is 6.25. The number of rotatable bonds is 9. The minimum Gasteiger partial charge on any atom is -0.453 e. The topological polar surface area (TPSA) is 184 Å². The highest BCUT2D eigenvalue weighted by Crippen LogP contribution is 2.39. The number of hydrazine groups is 1. The van der Waals surface area contributed by atoms with E-state index in [1.165, 1.54) is 19.2 Å². The van der Waals surface area contributed by atoms with Crippen molar-refractivity contribution in [1.29, 1.82) is 0 Å². The lowest BCUT2D eigenvalue weighted by Gasteiger charge is -2.35. The summed E-state index contributed by atoms with van der Waals surface area (Å²) < 4.78 is 15.1. The highest BCUT2D eigenvalue weighted by Gasteiger charge is 2.41. The number of carbonyl (C=O) groups is 4. The van der Waals surface area contributed by atoms with Crippen LogP contribution in [0.5, 0.6) is 0 Å². The lowest BCUT2D eigenvalue weighted by molar-refractivity contribution is -0.142. The van der Waals surface area contributed by atoms with Gasteiger partial charge in [-0.05, 0) is 68.9 Å². The molecule has 2 aliphatic heterocycles. The third-order valence-corrected chi connectivity index (χ3v) is 11.3. The molecular weight excluding hydrogens is 704 g/mol. The van der Waals surface area contributed by atoms with Crippen LogP contribution in [0.3, 0.4) is 0 Å². The van der Waals surface area contributed by atoms with Crippen molar-refractivity contribution in [2.45, 2.75) is 82.8 Å². The molecule has 4 amide bonds. The normalized spacial score (nSPS) is 21.7. The fourth-order valence-electron chi connectivity index (χ4n) is 8.30. The average molecular weight is 755 g/mol. The number of likely N-dealkylation sites (tertiary alicyclic amines) is 1. The molecule has 15 heteroatoms. The first kappa shape index (κ1) is 37.9. The zero-order valence-corrected chi connectivity index (χ0v) is 31.8. The lowest BCUT2D eigenvalue weighted by Crippen LogP contribution is -2.53. The van der Waals surface area contributed by atoms with Crippen molar-refractivity contribution in [2.24, 2.45) is 11.8 Å². The van der Waals surface area contributed by atoms with Gasteiger partial charge in [0.25, 0.3) is 0 Å². The number of alkyl carbamates (subject to hydrolysis) is 1. The first-order valence-corrected chi connectivity index (χ1v) is 19.2. The van der Waals surface area contributed by atoms with Crippen molar-refractivity contribution in [3.63, 3.8) is 0 Å². The van der Waals surface area contributed by atoms with Gasteiger partial charge in [0.2, 0.25) is 11.8 Å². The summed E-state index contributed by atoms with van der Waals surface area (Å²) in [4.78, 5) is 70.0. The maximum absolute atomic E-state index is 13.9. The number of methoxy groups -OCH3 is 2. The average Bonchev–Trinajstić information content (AvgIpc) is 4.05. The number of nitrogens with zero attached hydrogens (tertiary/aromatic N) is 4. The molecular formula is C40H50N8O7. The monoisotopic (exact) mass is 754 g/mol. The van der Waals surface area contributed by atoms with Crippen LogP contribution in [-0.4, -0.2) is 99.9 Å². The maximum Gasteiger partial charge on any atom is 0.425 e. The third-order valence-electron chi connectivity index (χ3n) is 11.3. The second-order valence-corrected chi connectivity index (χ2v) is 15.0. The van der Waals surface area contributed by atoms with Gasteiger partial charge in [-0.25, -0.2) is 30.0 Å². The molecule has 292 valence electrons. The predicted molar refractivity (Wildman–Crippen MR) is 203 cm³/mol. The second kappa shape index (κ2) is 16.5. The number of amides is 4. The number of hydrogen-bond acceptors (Lipinski definition) is 9. The van der Waals surface area contributed by atoms with Crippen LogP contribution in [0.4, 0.5) is 9.59 Å². The van der Waals surface area contributed by atoms with E-state index in [1.54, 1.807) is 0 Å². The molecule has 2 aromatic carbocycles. The Bertz CT molecular complexity index is 2020. The Balaban J connectivity index is 1.06. The summed E-state index contributed by atoms with van der Waals surface area (Å²) in [5.74, 6) is 0.648. The van der Waals surface area contributed by atoms with Crippen LogP contribution in [0.2, 0.25) is 0 Å². The first-order chi connectivity index (χ1) is 26.6. The van der Waals surface area contributed by atoms with E-state index in [0.29, 0.717) is 38.4 Å². The highest BCUT2D eigenvalue weighted by molar-refractivity contribution is 5.90. The lowest BCUT2D eigenvalue weighted by atomic mass is 9.78. The Kier molecular flexibility index (Phi) is 11.4. The van der Waals surface area contributed by atoms with Crippen molar-refractivity contribution in [2.75, 3.05) is 34.0 Å². The summed E-state index contributed by atoms with van der Waals surface area (Å²) in [6.45, 7) is 5.26. The van der Waals surface area contributed by atoms with Crippen molar-refractivity contribution in [3.05, 3.63) is 60.4 Å². The van der Waals surface area contributed by atoms with Crippen LogP contribution in [0.15, 0.2) is 48.8 Å². The van der Waals surface area contributed by atoms with Crippen molar-refractivity contribution in [1.82, 2.24) is 40.6 Å². The minimum absolute atomic E-state index is 0.104. The van der Waals surface area contributed by atoms with E-state index in [0.717, 1.165) is 71.2 Å². The van der Waals surface area contributed by atoms with Gasteiger partial charge in [0.1, 0.15) is 17.7 Å². The van der Waals surface area contributed by atoms with E-state index < -0.39 is 18.2 Å². The molecule has 2 saturated heterocycles. The van der Waals surface area contributed by atoms with E-state index >= 15 is 0 Å². The first-order valence-electron chi connectivity index (χ1n) is 19.2. The molecule has 3 aliphatic rings. The molecule has 55 heavy (non-hydrogen) atoms. The number of aromatic amines is 2. The molecule has 7 rings (SSSR count). The van der Waals surface area contributed by atoms with Crippen molar-refractivity contribution in [3.8, 4) is 22.5 Å². The molecule has 15 nitrogen and oxygen atoms in total. The van der Waals surface area contributed by atoms with Gasteiger partial charge in [-0.2, -0.15) is 0 Å². The van der Waals surface area contributed by atoms with Crippen LogP contribution in [0.25, 0.3) is 33.3 Å². The molecule has 4 N–H and O–H groups in total. The summed E-state index contributed by atoms with van der Waals surface area (Å²) in [6, 6.07) is 11.3. The van der Waals surface area contributed by atoms with Crippen LogP contribution in [0.1, 0.15) is 82.4 Å². The Labute approximate surface area is 319 Å². The Hall–Kier alpha value is -5.44. The molecule has 3 fully saturated rings. The van der Waals surface area contributed by atoms with Gasteiger partial charge >= 0.3 is 12.2 Å². The molecule has 4 heterocycles. The van der Waals surface area contributed by atoms with Gasteiger partial charge in [-0.15, -0.1) is 0 Å². The molecule has 0 spiro atoms. The van der Waals surface area contributed by atoms with Crippen LogP contribution >= 0.6 is 0 Å². The molecule has 0 bridgehead atoms. The summed E-state index contributed by atoms with van der Waals surface area (Å²) in [5, 5.41) is 6.24. The molecule has 5 atom stereocenters. The largest absolute Gasteiger partial charge is 0.453 e. The van der Waals surface area contributed by atoms with E-state index in [9.17, 15) is 19.2 Å². The number of ether oxygens (including phenoxy) is 3. The molecule has 1 aliphatic carbocycles. The number of carbonyl (C=O) groups excluding carboxylic acids is 4. The number of benzene rings is 2. The summed E-state index contributed by atoms with van der Waals surface area (Å²) >= 11 is 0. The summed E-state index contributed by atoms with van der Waals surface area (Å²) in [7, 11) is 2.57. The van der Waals surface area contributed by atoms with E-state index in [4.69, 9.17) is 24.2 Å². The molecule has 0 radical (unpaired) electrons. The molecule has 4 aromatic rings. The number of nitrogens with one attached hydrogen (secondary N) is 4. The quantitative estimate of drug-likeness (QED) is 0.153. The fraction of sp³-hybridized carbons (Fsp3) is 0.500. The number of H-pyrrole nitrogens is 2. The van der Waals surface area contributed by atoms with Gasteiger partial charge in [0.15, 0.2) is 0 Å². The zero-order valence-electron chi connectivity index (χ0n) is 31.8. The Morgan fingerprint density at radius 3 is 2.15 bits per heavy atom. The predicted octanol–water partition coefficient (Wildman–Crippen LogP) is 5.83. The Morgan fingerprint density at radius 2 is 1.51 bits per heavy atom. The number of aromatic nitrogens is 4. The maximum atomic E-state index is 13.9.